The first kappa shape index (κ1) is 17.8. The highest BCUT2D eigenvalue weighted by Gasteiger charge is 2.21. The van der Waals surface area contributed by atoms with Gasteiger partial charge in [0.25, 0.3) is 0 Å². The maximum atomic E-state index is 13.3. The summed E-state index contributed by atoms with van der Waals surface area (Å²) in [7, 11) is 0. The summed E-state index contributed by atoms with van der Waals surface area (Å²) in [6, 6.07) is 6.74. The van der Waals surface area contributed by atoms with E-state index in [-0.39, 0.29) is 11.9 Å². The van der Waals surface area contributed by atoms with Crippen LogP contribution in [0.3, 0.4) is 0 Å². The Bertz CT molecular complexity index is 665. The zero-order chi connectivity index (χ0) is 17.5. The molecule has 1 aliphatic rings. The van der Waals surface area contributed by atoms with Crippen LogP contribution in [0.4, 0.5) is 10.3 Å². The van der Waals surface area contributed by atoms with Crippen LogP contribution in [-0.2, 0) is 17.7 Å². The number of nitrogens with one attached hydrogen (secondary N) is 1. The Morgan fingerprint density at radius 1 is 1.28 bits per heavy atom. The van der Waals surface area contributed by atoms with Crippen molar-refractivity contribution in [1.29, 1.82) is 0 Å². The van der Waals surface area contributed by atoms with Gasteiger partial charge in [-0.2, -0.15) is 0 Å². The number of halogens is 1. The summed E-state index contributed by atoms with van der Waals surface area (Å²) in [5, 5.41) is 3.18. The minimum atomic E-state index is -0.195. The molecule has 0 amide bonds. The van der Waals surface area contributed by atoms with Crippen molar-refractivity contribution in [3.05, 3.63) is 53.6 Å². The molecule has 1 N–H and O–H groups in total. The molecule has 25 heavy (non-hydrogen) atoms. The number of anilines is 1. The fourth-order valence-corrected chi connectivity index (χ4v) is 3.00. The van der Waals surface area contributed by atoms with E-state index in [0.717, 1.165) is 50.1 Å². The van der Waals surface area contributed by atoms with E-state index in [9.17, 15) is 4.39 Å². The Balaban J connectivity index is 1.52. The van der Waals surface area contributed by atoms with Gasteiger partial charge < -0.3 is 10.1 Å². The average molecular weight is 344 g/mol. The molecule has 0 radical (unpaired) electrons. The van der Waals surface area contributed by atoms with Crippen LogP contribution in [0.2, 0.25) is 0 Å². The van der Waals surface area contributed by atoms with Gasteiger partial charge in [0.1, 0.15) is 5.82 Å². The van der Waals surface area contributed by atoms with Crippen molar-refractivity contribution in [3.63, 3.8) is 0 Å². The van der Waals surface area contributed by atoms with Crippen molar-refractivity contribution in [2.75, 3.05) is 31.6 Å². The van der Waals surface area contributed by atoms with Gasteiger partial charge in [-0.25, -0.2) is 14.4 Å². The highest BCUT2D eigenvalue weighted by Crippen LogP contribution is 2.15. The van der Waals surface area contributed by atoms with E-state index in [4.69, 9.17) is 4.74 Å². The van der Waals surface area contributed by atoms with Crippen LogP contribution in [0.25, 0.3) is 0 Å². The normalized spacial score (nSPS) is 18.2. The third kappa shape index (κ3) is 5.47. The Labute approximate surface area is 148 Å². The molecule has 1 fully saturated rings. The van der Waals surface area contributed by atoms with E-state index in [1.54, 1.807) is 12.1 Å². The number of hydrogen-bond donors (Lipinski definition) is 1. The average Bonchev–Trinajstić information content (AvgIpc) is 2.61. The second-order valence-electron chi connectivity index (χ2n) is 6.40. The summed E-state index contributed by atoms with van der Waals surface area (Å²) in [5.74, 6) is 0.482. The van der Waals surface area contributed by atoms with E-state index in [2.05, 4.69) is 27.1 Å². The van der Waals surface area contributed by atoms with Gasteiger partial charge in [-0.3, -0.25) is 4.90 Å². The lowest BCUT2D eigenvalue weighted by molar-refractivity contribution is -0.0305. The topological polar surface area (TPSA) is 50.3 Å². The molecule has 0 spiro atoms. The van der Waals surface area contributed by atoms with Crippen LogP contribution < -0.4 is 5.32 Å². The molecular weight excluding hydrogens is 319 g/mol. The quantitative estimate of drug-likeness (QED) is 0.837. The number of ether oxygens (including phenoxy) is 1. The van der Waals surface area contributed by atoms with Gasteiger partial charge >= 0.3 is 0 Å². The summed E-state index contributed by atoms with van der Waals surface area (Å²) in [5.41, 5.74) is 2.06. The second kappa shape index (κ2) is 8.87. The minimum Gasteiger partial charge on any atom is -0.375 e. The van der Waals surface area contributed by atoms with E-state index >= 15 is 0 Å². The SMILES string of the molecule is CCCNc1ncc(CN2CCO[C@@H](Cc3cccc(F)c3)C2)cn1. The fraction of sp³-hybridized carbons (Fsp3) is 0.474. The van der Waals surface area contributed by atoms with E-state index in [1.165, 1.54) is 6.07 Å². The predicted octanol–water partition coefficient (Wildman–Crippen LogP) is 2.88. The molecule has 1 aliphatic heterocycles. The van der Waals surface area contributed by atoms with Gasteiger partial charge in [-0.1, -0.05) is 19.1 Å². The van der Waals surface area contributed by atoms with Crippen molar-refractivity contribution < 1.29 is 9.13 Å². The summed E-state index contributed by atoms with van der Waals surface area (Å²) in [4.78, 5) is 11.1. The van der Waals surface area contributed by atoms with Gasteiger partial charge in [-0.15, -0.1) is 0 Å². The van der Waals surface area contributed by atoms with Crippen LogP contribution >= 0.6 is 0 Å². The maximum absolute atomic E-state index is 13.3. The highest BCUT2D eigenvalue weighted by molar-refractivity contribution is 5.24. The lowest BCUT2D eigenvalue weighted by atomic mass is 10.1. The first-order valence-corrected chi connectivity index (χ1v) is 8.86. The van der Waals surface area contributed by atoms with Crippen molar-refractivity contribution >= 4 is 5.95 Å². The van der Waals surface area contributed by atoms with Crippen molar-refractivity contribution in [2.24, 2.45) is 0 Å². The first-order valence-electron chi connectivity index (χ1n) is 8.86. The molecule has 3 rings (SSSR count). The molecule has 1 aromatic heterocycles. The molecule has 0 aliphatic carbocycles. The van der Waals surface area contributed by atoms with Gasteiger partial charge in [0.05, 0.1) is 12.7 Å². The molecule has 2 aromatic rings. The van der Waals surface area contributed by atoms with Crippen LogP contribution in [-0.4, -0.2) is 47.2 Å². The Hall–Kier alpha value is -2.05. The zero-order valence-corrected chi connectivity index (χ0v) is 14.6. The standard InChI is InChI=1S/C19H25FN4O/c1-2-6-21-19-22-11-16(12-23-19)13-24-7-8-25-18(14-24)10-15-4-3-5-17(20)9-15/h3-5,9,11-12,18H,2,6-8,10,13-14H2,1H3,(H,21,22,23)/t18-/m0/s1. The van der Waals surface area contributed by atoms with E-state index < -0.39 is 0 Å². The molecule has 5 nitrogen and oxygen atoms in total. The Morgan fingerprint density at radius 2 is 2.12 bits per heavy atom. The molecule has 1 atom stereocenters. The summed E-state index contributed by atoms with van der Waals surface area (Å²) >= 11 is 0. The smallest absolute Gasteiger partial charge is 0.222 e. The second-order valence-corrected chi connectivity index (χ2v) is 6.40. The number of rotatable bonds is 7. The molecule has 2 heterocycles. The Kier molecular flexibility index (Phi) is 6.30. The van der Waals surface area contributed by atoms with Crippen LogP contribution in [0, 0.1) is 5.82 Å². The maximum Gasteiger partial charge on any atom is 0.222 e. The third-order valence-electron chi connectivity index (χ3n) is 4.22. The molecule has 0 saturated carbocycles. The van der Waals surface area contributed by atoms with Crippen LogP contribution in [0.1, 0.15) is 24.5 Å². The van der Waals surface area contributed by atoms with Crippen LogP contribution in [0.15, 0.2) is 36.7 Å². The summed E-state index contributed by atoms with van der Waals surface area (Å²) < 4.78 is 19.2. The predicted molar refractivity (Wildman–Crippen MR) is 95.9 cm³/mol. The highest BCUT2D eigenvalue weighted by atomic mass is 19.1. The van der Waals surface area contributed by atoms with E-state index in [1.807, 2.05) is 18.5 Å². The molecular formula is C19H25FN4O. The van der Waals surface area contributed by atoms with Gasteiger partial charge in [-0.05, 0) is 30.5 Å². The molecule has 6 heteroatoms. The number of benzene rings is 1. The summed E-state index contributed by atoms with van der Waals surface area (Å²) in [6.45, 7) is 6.19. The van der Waals surface area contributed by atoms with Gasteiger partial charge in [0.15, 0.2) is 0 Å². The van der Waals surface area contributed by atoms with Crippen molar-refractivity contribution in [2.45, 2.75) is 32.4 Å². The fourth-order valence-electron chi connectivity index (χ4n) is 3.00. The van der Waals surface area contributed by atoms with Crippen LogP contribution in [0.5, 0.6) is 0 Å². The van der Waals surface area contributed by atoms with E-state index in [0.29, 0.717) is 12.6 Å². The molecule has 0 unspecified atom stereocenters. The van der Waals surface area contributed by atoms with Crippen molar-refractivity contribution in [3.8, 4) is 0 Å². The van der Waals surface area contributed by atoms with Gasteiger partial charge in [0, 0.05) is 44.1 Å². The van der Waals surface area contributed by atoms with Gasteiger partial charge in [0.2, 0.25) is 5.95 Å². The molecule has 134 valence electrons. The number of aromatic nitrogens is 2. The first-order chi connectivity index (χ1) is 12.2. The Morgan fingerprint density at radius 3 is 2.88 bits per heavy atom. The molecule has 1 saturated heterocycles. The third-order valence-corrected chi connectivity index (χ3v) is 4.22. The molecule has 1 aromatic carbocycles. The summed E-state index contributed by atoms with van der Waals surface area (Å²) in [6.07, 6.45) is 5.61. The largest absolute Gasteiger partial charge is 0.375 e. The van der Waals surface area contributed by atoms with Crippen molar-refractivity contribution in [1.82, 2.24) is 14.9 Å². The number of nitrogens with zero attached hydrogens (tertiary/aromatic N) is 3. The zero-order valence-electron chi connectivity index (χ0n) is 14.6. The minimum absolute atomic E-state index is 0.0852. The molecule has 0 bridgehead atoms. The number of morpholine rings is 1. The monoisotopic (exact) mass is 344 g/mol. The lowest BCUT2D eigenvalue weighted by Gasteiger charge is -2.33. The lowest BCUT2D eigenvalue weighted by Crippen LogP contribution is -2.42. The number of hydrogen-bond acceptors (Lipinski definition) is 5.